The second kappa shape index (κ2) is 14.5. The van der Waals surface area contributed by atoms with E-state index in [-0.39, 0.29) is 24.0 Å². The lowest BCUT2D eigenvalue weighted by atomic mass is 9.96. The average Bonchev–Trinajstić information content (AvgIpc) is 3.13. The lowest BCUT2D eigenvalue weighted by Gasteiger charge is -2.31. The summed E-state index contributed by atoms with van der Waals surface area (Å²) in [6, 6.07) is 10.5. The summed E-state index contributed by atoms with van der Waals surface area (Å²) in [6.45, 7) is 13.2. The molecule has 0 unspecified atom stereocenters. The van der Waals surface area contributed by atoms with Crippen LogP contribution in [0.15, 0.2) is 35.3 Å². The van der Waals surface area contributed by atoms with Crippen molar-refractivity contribution in [2.75, 3.05) is 39.8 Å². The fraction of sp³-hybridized carbons (Fsp3) is 0.600. The zero-order valence-corrected chi connectivity index (χ0v) is 23.0. The van der Waals surface area contributed by atoms with Crippen molar-refractivity contribution in [2.45, 2.75) is 53.1 Å². The quantitative estimate of drug-likeness (QED) is 0.197. The normalized spacial score (nSPS) is 15.2. The topological polar surface area (TPSA) is 66.7 Å². The Hall–Kier alpha value is -1.81. The van der Waals surface area contributed by atoms with Gasteiger partial charge in [0.05, 0.1) is 12.8 Å². The van der Waals surface area contributed by atoms with E-state index in [1.54, 1.807) is 7.11 Å². The predicted octanol–water partition coefficient (Wildman–Crippen LogP) is 3.98. The minimum atomic E-state index is 0. The van der Waals surface area contributed by atoms with Gasteiger partial charge in [0.15, 0.2) is 5.96 Å². The molecule has 2 N–H and O–H groups in total. The zero-order chi connectivity index (χ0) is 22.8. The van der Waals surface area contributed by atoms with E-state index in [0.29, 0.717) is 5.92 Å². The first-order valence-corrected chi connectivity index (χ1v) is 12.0. The standard InChI is InChI=1S/C25H40N6O.HI/c1-5-26-25(27-13-6-14-31-21(3)17-20(2)29-31)28-18-22-11-15-30(16-12-22)19-23-7-9-24(32-4)10-8-23;/h7-10,17,22H,5-6,11-16,18-19H2,1-4H3,(H2,26,27,28);1H. The largest absolute Gasteiger partial charge is 0.497 e. The summed E-state index contributed by atoms with van der Waals surface area (Å²) in [6.07, 6.45) is 3.43. The van der Waals surface area contributed by atoms with Crippen molar-refractivity contribution in [3.63, 3.8) is 0 Å². The summed E-state index contributed by atoms with van der Waals surface area (Å²) in [5.74, 6) is 2.51. The third-order valence-electron chi connectivity index (χ3n) is 6.07. The lowest BCUT2D eigenvalue weighted by molar-refractivity contribution is 0.180. The molecule has 1 aromatic carbocycles. The maximum atomic E-state index is 5.25. The third kappa shape index (κ3) is 9.16. The Morgan fingerprint density at radius 1 is 1.15 bits per heavy atom. The molecule has 1 saturated heterocycles. The second-order valence-corrected chi connectivity index (χ2v) is 8.72. The molecule has 0 spiro atoms. The summed E-state index contributed by atoms with van der Waals surface area (Å²) in [4.78, 5) is 7.42. The highest BCUT2D eigenvalue weighted by atomic mass is 127. The van der Waals surface area contributed by atoms with Gasteiger partial charge in [0.2, 0.25) is 0 Å². The molecular formula is C25H41IN6O. The number of aromatic nitrogens is 2. The van der Waals surface area contributed by atoms with Crippen molar-refractivity contribution in [2.24, 2.45) is 10.9 Å². The minimum Gasteiger partial charge on any atom is -0.497 e. The van der Waals surface area contributed by atoms with Gasteiger partial charge in [0, 0.05) is 38.4 Å². The Morgan fingerprint density at radius 2 is 1.88 bits per heavy atom. The number of hydrogen-bond acceptors (Lipinski definition) is 4. The average molecular weight is 569 g/mol. The van der Waals surface area contributed by atoms with E-state index < -0.39 is 0 Å². The van der Waals surface area contributed by atoms with Crippen LogP contribution in [-0.4, -0.2) is 60.5 Å². The number of piperidine rings is 1. The molecule has 2 heterocycles. The molecule has 8 heteroatoms. The summed E-state index contributed by atoms with van der Waals surface area (Å²) >= 11 is 0. The Kier molecular flexibility index (Phi) is 12.0. The van der Waals surface area contributed by atoms with Crippen LogP contribution in [0.2, 0.25) is 0 Å². The van der Waals surface area contributed by atoms with Gasteiger partial charge in [0.25, 0.3) is 0 Å². The molecule has 0 saturated carbocycles. The monoisotopic (exact) mass is 568 g/mol. The molecule has 1 aliphatic rings. The van der Waals surface area contributed by atoms with Gasteiger partial charge in [-0.15, -0.1) is 24.0 Å². The van der Waals surface area contributed by atoms with Crippen LogP contribution >= 0.6 is 24.0 Å². The number of guanidine groups is 1. The van der Waals surface area contributed by atoms with Crippen LogP contribution in [0, 0.1) is 19.8 Å². The van der Waals surface area contributed by atoms with E-state index in [0.717, 1.165) is 69.6 Å². The van der Waals surface area contributed by atoms with Crippen molar-refractivity contribution in [3.05, 3.63) is 47.3 Å². The van der Waals surface area contributed by atoms with Crippen molar-refractivity contribution in [1.82, 2.24) is 25.3 Å². The van der Waals surface area contributed by atoms with Gasteiger partial charge < -0.3 is 15.4 Å². The van der Waals surface area contributed by atoms with E-state index in [1.165, 1.54) is 24.1 Å². The molecule has 1 fully saturated rings. The fourth-order valence-corrected chi connectivity index (χ4v) is 4.22. The van der Waals surface area contributed by atoms with Crippen LogP contribution < -0.4 is 15.4 Å². The zero-order valence-electron chi connectivity index (χ0n) is 20.6. The Bertz CT molecular complexity index is 843. The first-order chi connectivity index (χ1) is 15.6. The number of hydrogen-bond donors (Lipinski definition) is 2. The molecule has 184 valence electrons. The second-order valence-electron chi connectivity index (χ2n) is 8.72. The minimum absolute atomic E-state index is 0. The third-order valence-corrected chi connectivity index (χ3v) is 6.07. The maximum absolute atomic E-state index is 5.25. The molecule has 1 aromatic heterocycles. The number of rotatable bonds is 10. The van der Waals surface area contributed by atoms with Gasteiger partial charge >= 0.3 is 0 Å². The molecule has 1 aliphatic heterocycles. The molecule has 7 nitrogen and oxygen atoms in total. The lowest BCUT2D eigenvalue weighted by Crippen LogP contribution is -2.39. The van der Waals surface area contributed by atoms with Gasteiger partial charge in [-0.3, -0.25) is 14.6 Å². The summed E-state index contributed by atoms with van der Waals surface area (Å²) in [5, 5.41) is 11.4. The van der Waals surface area contributed by atoms with E-state index >= 15 is 0 Å². The Balaban J connectivity index is 0.00000385. The maximum Gasteiger partial charge on any atom is 0.191 e. The van der Waals surface area contributed by atoms with Crippen molar-refractivity contribution >= 4 is 29.9 Å². The summed E-state index contributed by atoms with van der Waals surface area (Å²) < 4.78 is 7.34. The number of halogens is 1. The summed E-state index contributed by atoms with van der Waals surface area (Å²) in [5.41, 5.74) is 3.66. The molecule has 2 aromatic rings. The van der Waals surface area contributed by atoms with E-state index in [9.17, 15) is 0 Å². The van der Waals surface area contributed by atoms with Crippen molar-refractivity contribution < 1.29 is 4.74 Å². The first-order valence-electron chi connectivity index (χ1n) is 12.0. The number of ether oxygens (including phenoxy) is 1. The van der Waals surface area contributed by atoms with Crippen LogP contribution in [0.1, 0.15) is 43.1 Å². The molecule has 33 heavy (non-hydrogen) atoms. The van der Waals surface area contributed by atoms with Crippen LogP contribution in [-0.2, 0) is 13.1 Å². The highest BCUT2D eigenvalue weighted by molar-refractivity contribution is 14.0. The SMILES string of the molecule is CCNC(=NCC1CCN(Cc2ccc(OC)cc2)CC1)NCCCn1nc(C)cc1C.I. The molecular weight excluding hydrogens is 527 g/mol. The summed E-state index contributed by atoms with van der Waals surface area (Å²) in [7, 11) is 1.71. The molecule has 0 bridgehead atoms. The van der Waals surface area contributed by atoms with Gasteiger partial charge in [-0.05, 0) is 82.8 Å². The Labute approximate surface area is 216 Å². The fourth-order valence-electron chi connectivity index (χ4n) is 4.22. The number of likely N-dealkylation sites (tertiary alicyclic amines) is 1. The van der Waals surface area contributed by atoms with Crippen LogP contribution in [0.4, 0.5) is 0 Å². The number of methoxy groups -OCH3 is 1. The molecule has 0 atom stereocenters. The van der Waals surface area contributed by atoms with Crippen molar-refractivity contribution in [1.29, 1.82) is 0 Å². The van der Waals surface area contributed by atoms with Crippen LogP contribution in [0.5, 0.6) is 5.75 Å². The van der Waals surface area contributed by atoms with E-state index in [2.05, 4.69) is 57.4 Å². The number of aryl methyl sites for hydroxylation is 3. The molecule has 3 rings (SSSR count). The number of benzene rings is 1. The first kappa shape index (κ1) is 27.4. The van der Waals surface area contributed by atoms with Crippen LogP contribution in [0.25, 0.3) is 0 Å². The molecule has 0 amide bonds. The van der Waals surface area contributed by atoms with Gasteiger partial charge in [-0.25, -0.2) is 0 Å². The van der Waals surface area contributed by atoms with E-state index in [4.69, 9.17) is 9.73 Å². The molecule has 0 aliphatic carbocycles. The number of nitrogens with zero attached hydrogens (tertiary/aromatic N) is 4. The highest BCUT2D eigenvalue weighted by Gasteiger charge is 2.19. The number of aliphatic imine (C=N–C) groups is 1. The highest BCUT2D eigenvalue weighted by Crippen LogP contribution is 2.20. The van der Waals surface area contributed by atoms with E-state index in [1.807, 2.05) is 19.1 Å². The smallest absolute Gasteiger partial charge is 0.191 e. The van der Waals surface area contributed by atoms with Crippen LogP contribution in [0.3, 0.4) is 0 Å². The van der Waals surface area contributed by atoms with Gasteiger partial charge in [0.1, 0.15) is 5.75 Å². The number of nitrogens with one attached hydrogen (secondary N) is 2. The molecule has 0 radical (unpaired) electrons. The van der Waals surface area contributed by atoms with Gasteiger partial charge in [-0.1, -0.05) is 12.1 Å². The van der Waals surface area contributed by atoms with Gasteiger partial charge in [-0.2, -0.15) is 5.10 Å². The van der Waals surface area contributed by atoms with Crippen molar-refractivity contribution in [3.8, 4) is 5.75 Å². The predicted molar refractivity (Wildman–Crippen MR) is 147 cm³/mol. The Morgan fingerprint density at radius 3 is 2.48 bits per heavy atom.